The van der Waals surface area contributed by atoms with Crippen LogP contribution in [0.3, 0.4) is 0 Å². The molecule has 0 N–H and O–H groups in total. The molecule has 0 heterocycles. The lowest BCUT2D eigenvalue weighted by Crippen LogP contribution is -2.07. The van der Waals surface area contributed by atoms with Gasteiger partial charge in [-0.3, -0.25) is 10.1 Å². The lowest BCUT2D eigenvalue weighted by molar-refractivity contribution is -0.384. The van der Waals surface area contributed by atoms with Gasteiger partial charge in [-0.25, -0.2) is 0 Å². The van der Waals surface area contributed by atoms with Crippen LogP contribution in [-0.4, -0.2) is 4.92 Å². The Morgan fingerprint density at radius 2 is 1.70 bits per heavy atom. The second-order valence-electron chi connectivity index (χ2n) is 4.32. The number of nitro benzene ring substituents is 1. The van der Waals surface area contributed by atoms with Crippen molar-refractivity contribution in [3.05, 3.63) is 63.7 Å². The molecule has 0 amide bonds. The third kappa shape index (κ3) is 2.64. The lowest BCUT2D eigenvalue weighted by atomic mass is 9.97. The van der Waals surface area contributed by atoms with Crippen molar-refractivity contribution in [3.8, 4) is 11.1 Å². The van der Waals surface area contributed by atoms with Crippen molar-refractivity contribution >= 4 is 5.69 Å². The summed E-state index contributed by atoms with van der Waals surface area (Å²) in [5.74, 6) is 0. The molecule has 20 heavy (non-hydrogen) atoms. The van der Waals surface area contributed by atoms with Gasteiger partial charge in [0, 0.05) is 11.6 Å². The van der Waals surface area contributed by atoms with Gasteiger partial charge in [0.1, 0.15) is 0 Å². The molecule has 0 aliphatic rings. The molecule has 0 unspecified atom stereocenters. The van der Waals surface area contributed by atoms with E-state index < -0.39 is 16.7 Å². The van der Waals surface area contributed by atoms with Crippen molar-refractivity contribution in [2.75, 3.05) is 0 Å². The van der Waals surface area contributed by atoms with Gasteiger partial charge in [-0.05, 0) is 24.6 Å². The summed E-state index contributed by atoms with van der Waals surface area (Å²) >= 11 is 0. The first kappa shape index (κ1) is 14.0. The number of aryl methyl sites for hydroxylation is 1. The number of hydrogen-bond acceptors (Lipinski definition) is 2. The third-order valence-electron chi connectivity index (χ3n) is 2.87. The summed E-state index contributed by atoms with van der Waals surface area (Å²) in [7, 11) is 0. The maximum atomic E-state index is 13.0. The van der Waals surface area contributed by atoms with E-state index in [1.54, 1.807) is 13.0 Å². The molecule has 2 aromatic rings. The molecule has 3 nitrogen and oxygen atoms in total. The Bertz CT molecular complexity index is 666. The van der Waals surface area contributed by atoms with Gasteiger partial charge < -0.3 is 0 Å². The van der Waals surface area contributed by atoms with Crippen LogP contribution in [0.5, 0.6) is 0 Å². The Morgan fingerprint density at radius 1 is 1.05 bits per heavy atom. The van der Waals surface area contributed by atoms with Crippen molar-refractivity contribution in [3.63, 3.8) is 0 Å². The van der Waals surface area contributed by atoms with Crippen molar-refractivity contribution in [2.24, 2.45) is 0 Å². The van der Waals surface area contributed by atoms with E-state index in [-0.39, 0.29) is 16.8 Å². The summed E-state index contributed by atoms with van der Waals surface area (Å²) in [6.07, 6.45) is -4.56. The Balaban J connectivity index is 2.73. The highest BCUT2D eigenvalue weighted by Gasteiger charge is 2.34. The molecule has 0 saturated carbocycles. The molecule has 0 fully saturated rings. The monoisotopic (exact) mass is 281 g/mol. The van der Waals surface area contributed by atoms with Crippen LogP contribution in [0.15, 0.2) is 42.5 Å². The average Bonchev–Trinajstić information content (AvgIpc) is 2.37. The van der Waals surface area contributed by atoms with Gasteiger partial charge in [-0.15, -0.1) is 0 Å². The zero-order valence-corrected chi connectivity index (χ0v) is 10.4. The van der Waals surface area contributed by atoms with Crippen LogP contribution in [0.2, 0.25) is 0 Å². The molecule has 2 rings (SSSR count). The van der Waals surface area contributed by atoms with Crippen molar-refractivity contribution in [1.82, 2.24) is 0 Å². The first-order valence-electron chi connectivity index (χ1n) is 5.72. The van der Waals surface area contributed by atoms with Crippen LogP contribution in [0, 0.1) is 17.0 Å². The maximum Gasteiger partial charge on any atom is 0.417 e. The number of benzene rings is 2. The first-order chi connectivity index (χ1) is 9.30. The Morgan fingerprint density at radius 3 is 2.30 bits per heavy atom. The van der Waals surface area contributed by atoms with Gasteiger partial charge >= 0.3 is 6.18 Å². The Hall–Kier alpha value is -2.37. The largest absolute Gasteiger partial charge is 0.417 e. The van der Waals surface area contributed by atoms with E-state index in [9.17, 15) is 23.3 Å². The summed E-state index contributed by atoms with van der Waals surface area (Å²) in [6.45, 7) is 1.65. The van der Waals surface area contributed by atoms with Crippen molar-refractivity contribution in [1.29, 1.82) is 0 Å². The first-order valence-corrected chi connectivity index (χ1v) is 5.72. The van der Waals surface area contributed by atoms with Crippen LogP contribution in [0.25, 0.3) is 11.1 Å². The van der Waals surface area contributed by atoms with E-state index in [1.165, 1.54) is 30.3 Å². The highest BCUT2D eigenvalue weighted by Crippen LogP contribution is 2.40. The Labute approximate surface area is 112 Å². The van der Waals surface area contributed by atoms with Gasteiger partial charge in [0.15, 0.2) is 0 Å². The minimum Gasteiger partial charge on any atom is -0.258 e. The van der Waals surface area contributed by atoms with Gasteiger partial charge in [0.2, 0.25) is 0 Å². The molecule has 0 spiro atoms. The third-order valence-corrected chi connectivity index (χ3v) is 2.87. The molecular formula is C14H10F3NO2. The second kappa shape index (κ2) is 4.96. The van der Waals surface area contributed by atoms with Crippen LogP contribution < -0.4 is 0 Å². The fourth-order valence-electron chi connectivity index (χ4n) is 1.99. The number of nitrogens with zero attached hydrogens (tertiary/aromatic N) is 1. The van der Waals surface area contributed by atoms with Gasteiger partial charge in [-0.2, -0.15) is 13.2 Å². The summed E-state index contributed by atoms with van der Waals surface area (Å²) in [6, 6.07) is 9.00. The van der Waals surface area contributed by atoms with E-state index in [0.717, 1.165) is 6.07 Å². The van der Waals surface area contributed by atoms with Crippen LogP contribution >= 0.6 is 0 Å². The van der Waals surface area contributed by atoms with Crippen LogP contribution in [0.1, 0.15) is 11.1 Å². The summed E-state index contributed by atoms with van der Waals surface area (Å²) in [4.78, 5) is 10.4. The van der Waals surface area contributed by atoms with E-state index in [2.05, 4.69) is 0 Å². The molecule has 0 aliphatic heterocycles. The fourth-order valence-corrected chi connectivity index (χ4v) is 1.99. The standard InChI is InChI=1S/C14H10F3NO2/c1-9-6-7-11(13(8-9)18(19)20)10-4-2-3-5-12(10)14(15,16)17/h2-8H,1H3. The topological polar surface area (TPSA) is 43.1 Å². The summed E-state index contributed by atoms with van der Waals surface area (Å²) in [5.41, 5.74) is -0.821. The van der Waals surface area contributed by atoms with E-state index in [4.69, 9.17) is 0 Å². The molecule has 0 radical (unpaired) electrons. The summed E-state index contributed by atoms with van der Waals surface area (Å²) in [5, 5.41) is 11.0. The molecule has 2 aromatic carbocycles. The van der Waals surface area contributed by atoms with Gasteiger partial charge in [-0.1, -0.05) is 24.3 Å². The molecule has 0 bridgehead atoms. The molecular weight excluding hydrogens is 271 g/mol. The molecule has 0 atom stereocenters. The minimum absolute atomic E-state index is 0.0338. The van der Waals surface area contributed by atoms with Crippen molar-refractivity contribution < 1.29 is 18.1 Å². The fraction of sp³-hybridized carbons (Fsp3) is 0.143. The van der Waals surface area contributed by atoms with E-state index >= 15 is 0 Å². The number of rotatable bonds is 2. The number of alkyl halides is 3. The number of nitro groups is 1. The highest BCUT2D eigenvalue weighted by molar-refractivity contribution is 5.77. The number of hydrogen-bond donors (Lipinski definition) is 0. The van der Waals surface area contributed by atoms with Crippen LogP contribution in [0.4, 0.5) is 18.9 Å². The molecule has 0 aliphatic carbocycles. The Kier molecular flexibility index (Phi) is 3.48. The predicted octanol–water partition coefficient (Wildman–Crippen LogP) is 4.59. The summed E-state index contributed by atoms with van der Waals surface area (Å²) < 4.78 is 38.9. The zero-order chi connectivity index (χ0) is 14.9. The normalized spacial score (nSPS) is 11.4. The van der Waals surface area contributed by atoms with E-state index in [1.807, 2.05) is 0 Å². The second-order valence-corrected chi connectivity index (χ2v) is 4.32. The average molecular weight is 281 g/mol. The minimum atomic E-state index is -4.56. The van der Waals surface area contributed by atoms with E-state index in [0.29, 0.717) is 5.56 Å². The van der Waals surface area contributed by atoms with Crippen LogP contribution in [-0.2, 0) is 6.18 Å². The predicted molar refractivity (Wildman–Crippen MR) is 68.3 cm³/mol. The van der Waals surface area contributed by atoms with Gasteiger partial charge in [0.05, 0.1) is 16.1 Å². The smallest absolute Gasteiger partial charge is 0.258 e. The maximum absolute atomic E-state index is 13.0. The lowest BCUT2D eigenvalue weighted by Gasteiger charge is -2.13. The molecule has 104 valence electrons. The van der Waals surface area contributed by atoms with Gasteiger partial charge in [0.25, 0.3) is 5.69 Å². The molecule has 6 heteroatoms. The molecule has 0 aromatic heterocycles. The molecule has 0 saturated heterocycles. The SMILES string of the molecule is Cc1ccc(-c2ccccc2C(F)(F)F)c([N+](=O)[O-])c1. The highest BCUT2D eigenvalue weighted by atomic mass is 19.4. The van der Waals surface area contributed by atoms with Crippen molar-refractivity contribution in [2.45, 2.75) is 13.1 Å². The quantitative estimate of drug-likeness (QED) is 0.597. The zero-order valence-electron chi connectivity index (χ0n) is 10.4. The number of halogens is 3.